The summed E-state index contributed by atoms with van der Waals surface area (Å²) in [6, 6.07) is 0. The molecule has 4 nitrogen and oxygen atoms in total. The predicted octanol–water partition coefficient (Wildman–Crippen LogP) is 3.08. The molecule has 0 aromatic heterocycles. The molecular weight excluding hydrogens is 237 g/mol. The summed E-state index contributed by atoms with van der Waals surface area (Å²) in [7, 11) is 1.54. The molecule has 0 spiro atoms. The summed E-state index contributed by atoms with van der Waals surface area (Å²) in [5, 5.41) is 12.4. The molecule has 0 saturated carbocycles. The lowest BCUT2D eigenvalue weighted by atomic mass is 10.0. The average molecular weight is 257 g/mol. The summed E-state index contributed by atoms with van der Waals surface area (Å²) in [5.74, 6) is -1.36. The van der Waals surface area contributed by atoms with Gasteiger partial charge in [0.05, 0.1) is 5.71 Å². The topological polar surface area (TPSA) is 58.9 Å². The third-order valence-electron chi connectivity index (χ3n) is 3.02. The molecular formula is C13H20FNO3. The highest BCUT2D eigenvalue weighted by Crippen LogP contribution is 2.22. The minimum absolute atomic E-state index is 0.105. The second-order valence-electron chi connectivity index (χ2n) is 4.39. The number of halogens is 1. The highest BCUT2D eigenvalue weighted by molar-refractivity contribution is 6.01. The maximum absolute atomic E-state index is 12.8. The van der Waals surface area contributed by atoms with Crippen molar-refractivity contribution in [2.24, 2.45) is 5.16 Å². The number of nitrogens with zero attached hydrogens (tertiary/aromatic N) is 1. The Bertz CT molecular complexity index is 339. The lowest BCUT2D eigenvalue weighted by Gasteiger charge is -2.05. The van der Waals surface area contributed by atoms with Crippen molar-refractivity contribution in [2.75, 3.05) is 7.11 Å². The third-order valence-corrected chi connectivity index (χ3v) is 3.02. The summed E-state index contributed by atoms with van der Waals surface area (Å²) in [6.45, 7) is 0. The van der Waals surface area contributed by atoms with Crippen LogP contribution in [0.2, 0.25) is 0 Å². The van der Waals surface area contributed by atoms with Crippen molar-refractivity contribution in [1.29, 1.82) is 0 Å². The van der Waals surface area contributed by atoms with Crippen molar-refractivity contribution in [3.63, 3.8) is 0 Å². The highest BCUT2D eigenvalue weighted by atomic mass is 19.1. The average Bonchev–Trinajstić information content (AvgIpc) is 2.76. The largest absolute Gasteiger partial charge is 0.479 e. The van der Waals surface area contributed by atoms with Gasteiger partial charge in [0.15, 0.2) is 6.17 Å². The minimum Gasteiger partial charge on any atom is -0.479 e. The van der Waals surface area contributed by atoms with E-state index in [4.69, 9.17) is 9.94 Å². The highest BCUT2D eigenvalue weighted by Gasteiger charge is 2.15. The second kappa shape index (κ2) is 7.84. The van der Waals surface area contributed by atoms with Gasteiger partial charge in [-0.05, 0) is 44.1 Å². The molecule has 0 radical (unpaired) electrons. The Labute approximate surface area is 107 Å². The van der Waals surface area contributed by atoms with Gasteiger partial charge in [0, 0.05) is 0 Å². The number of alkyl halides is 1. The van der Waals surface area contributed by atoms with Crippen LogP contribution in [0.1, 0.15) is 44.9 Å². The van der Waals surface area contributed by atoms with E-state index >= 15 is 0 Å². The Balaban J connectivity index is 2.15. The standard InChI is InChI=1S/C13H20FNO3/c1-18-15-12-9-5-7-10(12)6-3-2-4-8-11(14)13(16)17/h7,11H,2-6,8-9H2,1H3,(H,16,17). The van der Waals surface area contributed by atoms with Crippen LogP contribution in [0.3, 0.4) is 0 Å². The molecule has 0 aromatic rings. The van der Waals surface area contributed by atoms with Gasteiger partial charge in [-0.15, -0.1) is 0 Å². The smallest absolute Gasteiger partial charge is 0.338 e. The Kier molecular flexibility index (Phi) is 6.39. The van der Waals surface area contributed by atoms with Gasteiger partial charge >= 0.3 is 5.97 Å². The Morgan fingerprint density at radius 1 is 1.56 bits per heavy atom. The van der Waals surface area contributed by atoms with Crippen molar-refractivity contribution in [3.05, 3.63) is 11.6 Å². The lowest BCUT2D eigenvalue weighted by molar-refractivity contribution is -0.143. The van der Waals surface area contributed by atoms with Gasteiger partial charge in [-0.3, -0.25) is 0 Å². The molecule has 0 heterocycles. The fourth-order valence-corrected chi connectivity index (χ4v) is 2.06. The molecule has 1 N–H and O–H groups in total. The molecule has 1 aliphatic carbocycles. The van der Waals surface area contributed by atoms with Crippen molar-refractivity contribution >= 4 is 11.7 Å². The number of carboxylic acid groups (broad SMARTS) is 1. The number of oxime groups is 1. The number of carbonyl (C=O) groups is 1. The van der Waals surface area contributed by atoms with Crippen LogP contribution in [-0.4, -0.2) is 30.1 Å². The molecule has 1 unspecified atom stereocenters. The normalized spacial score (nSPS) is 18.8. The summed E-state index contributed by atoms with van der Waals surface area (Å²) >= 11 is 0. The predicted molar refractivity (Wildman–Crippen MR) is 67.4 cm³/mol. The fourth-order valence-electron chi connectivity index (χ4n) is 2.06. The van der Waals surface area contributed by atoms with Gasteiger partial charge in [-0.25, -0.2) is 9.18 Å². The summed E-state index contributed by atoms with van der Waals surface area (Å²) in [6.07, 6.45) is 5.76. The molecule has 0 bridgehead atoms. The van der Waals surface area contributed by atoms with Gasteiger partial charge < -0.3 is 9.94 Å². The number of allylic oxidation sites excluding steroid dienone is 2. The number of hydrogen-bond acceptors (Lipinski definition) is 3. The van der Waals surface area contributed by atoms with E-state index in [2.05, 4.69) is 11.2 Å². The van der Waals surface area contributed by atoms with E-state index in [1.807, 2.05) is 0 Å². The van der Waals surface area contributed by atoms with E-state index < -0.39 is 12.1 Å². The summed E-state index contributed by atoms with van der Waals surface area (Å²) in [5.41, 5.74) is 2.22. The Morgan fingerprint density at radius 2 is 2.33 bits per heavy atom. The molecule has 1 rings (SSSR count). The number of hydrogen-bond donors (Lipinski definition) is 1. The maximum atomic E-state index is 12.8. The fraction of sp³-hybridized carbons (Fsp3) is 0.692. The van der Waals surface area contributed by atoms with Crippen LogP contribution in [-0.2, 0) is 9.63 Å². The Hall–Kier alpha value is -1.39. The van der Waals surface area contributed by atoms with Crippen molar-refractivity contribution < 1.29 is 19.1 Å². The molecule has 1 atom stereocenters. The van der Waals surface area contributed by atoms with E-state index in [1.54, 1.807) is 0 Å². The van der Waals surface area contributed by atoms with E-state index in [0.29, 0.717) is 6.42 Å². The van der Waals surface area contributed by atoms with Crippen molar-refractivity contribution in [3.8, 4) is 0 Å². The van der Waals surface area contributed by atoms with Gasteiger partial charge in [-0.2, -0.15) is 0 Å². The van der Waals surface area contributed by atoms with E-state index in [9.17, 15) is 9.18 Å². The zero-order valence-corrected chi connectivity index (χ0v) is 10.7. The lowest BCUT2D eigenvalue weighted by Crippen LogP contribution is -2.13. The molecule has 18 heavy (non-hydrogen) atoms. The first-order chi connectivity index (χ1) is 8.65. The maximum Gasteiger partial charge on any atom is 0.338 e. The van der Waals surface area contributed by atoms with E-state index in [-0.39, 0.29) is 6.42 Å². The zero-order valence-electron chi connectivity index (χ0n) is 10.7. The molecule has 1 aliphatic rings. The SMILES string of the molecule is CON=C1CCC=C1CCCCCC(F)C(=O)O. The first-order valence-corrected chi connectivity index (χ1v) is 6.31. The summed E-state index contributed by atoms with van der Waals surface area (Å²) in [4.78, 5) is 15.0. The van der Waals surface area contributed by atoms with Crippen molar-refractivity contribution in [2.45, 2.75) is 51.1 Å². The quantitative estimate of drug-likeness (QED) is 0.537. The molecule has 102 valence electrons. The molecule has 0 amide bonds. The van der Waals surface area contributed by atoms with Crippen LogP contribution in [0, 0.1) is 0 Å². The molecule has 0 saturated heterocycles. The monoisotopic (exact) mass is 257 g/mol. The zero-order chi connectivity index (χ0) is 13.4. The molecule has 0 aliphatic heterocycles. The minimum atomic E-state index is -1.72. The van der Waals surface area contributed by atoms with E-state index in [0.717, 1.165) is 37.8 Å². The van der Waals surface area contributed by atoms with Gasteiger partial charge in [0.1, 0.15) is 7.11 Å². The van der Waals surface area contributed by atoms with Crippen molar-refractivity contribution in [1.82, 2.24) is 0 Å². The molecule has 0 fully saturated rings. The molecule has 5 heteroatoms. The number of aliphatic carboxylic acids is 1. The van der Waals surface area contributed by atoms with Gasteiger partial charge in [0.25, 0.3) is 0 Å². The van der Waals surface area contributed by atoms with Crippen LogP contribution in [0.4, 0.5) is 4.39 Å². The van der Waals surface area contributed by atoms with Crippen LogP contribution < -0.4 is 0 Å². The van der Waals surface area contributed by atoms with E-state index in [1.165, 1.54) is 12.7 Å². The van der Waals surface area contributed by atoms with Crippen LogP contribution in [0.5, 0.6) is 0 Å². The van der Waals surface area contributed by atoms with Crippen LogP contribution >= 0.6 is 0 Å². The first kappa shape index (κ1) is 14.7. The summed E-state index contributed by atoms with van der Waals surface area (Å²) < 4.78 is 12.8. The molecule has 0 aromatic carbocycles. The van der Waals surface area contributed by atoms with Gasteiger partial charge in [0.2, 0.25) is 0 Å². The van der Waals surface area contributed by atoms with Crippen LogP contribution in [0.15, 0.2) is 16.8 Å². The van der Waals surface area contributed by atoms with Gasteiger partial charge in [-0.1, -0.05) is 17.7 Å². The Morgan fingerprint density at radius 3 is 3.00 bits per heavy atom. The number of rotatable bonds is 8. The number of unbranched alkanes of at least 4 members (excludes halogenated alkanes) is 2. The van der Waals surface area contributed by atoms with Crippen LogP contribution in [0.25, 0.3) is 0 Å². The second-order valence-corrected chi connectivity index (χ2v) is 4.39. The number of carboxylic acids is 1. The first-order valence-electron chi connectivity index (χ1n) is 6.31. The third kappa shape index (κ3) is 4.85.